The number of aromatic amines is 1. The van der Waals surface area contributed by atoms with E-state index in [0.717, 1.165) is 37.7 Å². The van der Waals surface area contributed by atoms with Crippen LogP contribution in [0.25, 0.3) is 22.3 Å². The lowest BCUT2D eigenvalue weighted by molar-refractivity contribution is 1.01. The molecule has 0 spiro atoms. The Morgan fingerprint density at radius 2 is 1.87 bits per heavy atom. The molecule has 0 saturated heterocycles. The van der Waals surface area contributed by atoms with E-state index >= 15 is 0 Å². The van der Waals surface area contributed by atoms with Gasteiger partial charge in [-0.15, -0.1) is 11.3 Å². The maximum atomic E-state index is 4.63. The zero-order valence-corrected chi connectivity index (χ0v) is 14.5. The van der Waals surface area contributed by atoms with Crippen molar-refractivity contribution in [3.63, 3.8) is 0 Å². The maximum Gasteiger partial charge on any atom is 0.183 e. The summed E-state index contributed by atoms with van der Waals surface area (Å²) >= 11 is 5.05. The van der Waals surface area contributed by atoms with Crippen LogP contribution in [0.1, 0.15) is 5.82 Å². The quantitative estimate of drug-likeness (QED) is 0.516. The third-order valence-corrected chi connectivity index (χ3v) is 4.82. The molecule has 4 nitrogen and oxygen atoms in total. The summed E-state index contributed by atoms with van der Waals surface area (Å²) in [6.07, 6.45) is 0. The fourth-order valence-corrected chi connectivity index (χ4v) is 3.34. The highest BCUT2D eigenvalue weighted by Crippen LogP contribution is 2.26. The van der Waals surface area contributed by atoms with Crippen molar-refractivity contribution in [1.29, 1.82) is 0 Å². The number of nitrogens with one attached hydrogen (secondary N) is 2. The number of anilines is 1. The zero-order valence-electron chi connectivity index (χ0n) is 12.1. The summed E-state index contributed by atoms with van der Waals surface area (Å²) in [5, 5.41) is 6.28. The molecule has 0 unspecified atom stereocenters. The van der Waals surface area contributed by atoms with Crippen molar-refractivity contribution in [3.05, 3.63) is 64.2 Å². The number of imidazole rings is 1. The Kier molecular flexibility index (Phi) is 3.85. The van der Waals surface area contributed by atoms with E-state index in [1.165, 1.54) is 0 Å². The predicted molar refractivity (Wildman–Crippen MR) is 98.7 cm³/mol. The summed E-state index contributed by atoms with van der Waals surface area (Å²) < 4.78 is 1.07. The molecule has 2 aromatic heterocycles. The van der Waals surface area contributed by atoms with Crippen LogP contribution in [0.3, 0.4) is 0 Å². The molecule has 0 aliphatic heterocycles. The van der Waals surface area contributed by atoms with Crippen LogP contribution in [0.5, 0.6) is 0 Å². The normalized spacial score (nSPS) is 11.0. The first-order valence-corrected chi connectivity index (χ1v) is 8.84. The van der Waals surface area contributed by atoms with Gasteiger partial charge in [0, 0.05) is 15.4 Å². The highest BCUT2D eigenvalue weighted by Gasteiger charge is 2.06. The predicted octanol–water partition coefficient (Wildman–Crippen LogP) is 5.06. The Morgan fingerprint density at radius 3 is 2.70 bits per heavy atom. The molecular weight excluding hydrogens is 372 g/mol. The average molecular weight is 385 g/mol. The summed E-state index contributed by atoms with van der Waals surface area (Å²) in [6, 6.07) is 16.2. The average Bonchev–Trinajstić information content (AvgIpc) is 3.20. The Bertz CT molecular complexity index is 910. The number of hydrogen-bond acceptors (Lipinski definition) is 4. The first-order chi connectivity index (χ1) is 11.3. The third kappa shape index (κ3) is 3.13. The SMILES string of the molecule is Brc1ccc(-c2csc(NCc3nc4ccccc4[nH]3)n2)cc1. The van der Waals surface area contributed by atoms with Gasteiger partial charge in [0.2, 0.25) is 0 Å². The number of thiazole rings is 1. The summed E-state index contributed by atoms with van der Waals surface area (Å²) in [6.45, 7) is 0.627. The van der Waals surface area contributed by atoms with Gasteiger partial charge in [-0.2, -0.15) is 0 Å². The molecule has 0 amide bonds. The number of fused-ring (bicyclic) bond motifs is 1. The molecule has 4 aromatic rings. The highest BCUT2D eigenvalue weighted by molar-refractivity contribution is 9.10. The molecule has 2 aromatic carbocycles. The monoisotopic (exact) mass is 384 g/mol. The lowest BCUT2D eigenvalue weighted by atomic mass is 10.2. The number of H-pyrrole nitrogens is 1. The molecule has 114 valence electrons. The van der Waals surface area contributed by atoms with Gasteiger partial charge in [-0.3, -0.25) is 0 Å². The minimum Gasteiger partial charge on any atom is -0.354 e. The van der Waals surface area contributed by atoms with Crippen LogP contribution in [0, 0.1) is 0 Å². The maximum absolute atomic E-state index is 4.63. The van der Waals surface area contributed by atoms with Crippen molar-refractivity contribution in [2.24, 2.45) is 0 Å². The third-order valence-electron chi connectivity index (χ3n) is 3.49. The molecule has 2 N–H and O–H groups in total. The minimum atomic E-state index is 0.627. The number of rotatable bonds is 4. The van der Waals surface area contributed by atoms with Gasteiger partial charge in [0.1, 0.15) is 5.82 Å². The van der Waals surface area contributed by atoms with Crippen LogP contribution < -0.4 is 5.32 Å². The second-order valence-electron chi connectivity index (χ2n) is 5.10. The van der Waals surface area contributed by atoms with Crippen LogP contribution in [0.2, 0.25) is 0 Å². The number of benzene rings is 2. The van der Waals surface area contributed by atoms with Gasteiger partial charge >= 0.3 is 0 Å². The second-order valence-corrected chi connectivity index (χ2v) is 6.87. The molecule has 23 heavy (non-hydrogen) atoms. The number of hydrogen-bond donors (Lipinski definition) is 2. The Hall–Kier alpha value is -2.18. The molecule has 0 saturated carbocycles. The standard InChI is InChI=1S/C17H13BrN4S/c18-12-7-5-11(6-8-12)15-10-23-17(22-15)19-9-16-20-13-3-1-2-4-14(13)21-16/h1-8,10H,9H2,(H,19,22)(H,20,21). The van der Waals surface area contributed by atoms with Gasteiger partial charge in [0.25, 0.3) is 0 Å². The minimum absolute atomic E-state index is 0.627. The largest absolute Gasteiger partial charge is 0.354 e. The molecule has 4 rings (SSSR count). The molecule has 2 heterocycles. The van der Waals surface area contributed by atoms with E-state index in [1.807, 2.05) is 36.4 Å². The van der Waals surface area contributed by atoms with Crippen LogP contribution in [0.4, 0.5) is 5.13 Å². The van der Waals surface area contributed by atoms with Crippen molar-refractivity contribution in [3.8, 4) is 11.3 Å². The Morgan fingerprint density at radius 1 is 1.04 bits per heavy atom. The van der Waals surface area contributed by atoms with E-state index in [-0.39, 0.29) is 0 Å². The van der Waals surface area contributed by atoms with E-state index in [4.69, 9.17) is 0 Å². The van der Waals surface area contributed by atoms with Crippen molar-refractivity contribution < 1.29 is 0 Å². The number of halogens is 1. The highest BCUT2D eigenvalue weighted by atomic mass is 79.9. The lowest BCUT2D eigenvalue weighted by Gasteiger charge is -1.99. The molecule has 6 heteroatoms. The van der Waals surface area contributed by atoms with Crippen molar-refractivity contribution >= 4 is 43.4 Å². The molecule has 0 aliphatic rings. The van der Waals surface area contributed by atoms with Gasteiger partial charge in [-0.1, -0.05) is 40.2 Å². The topological polar surface area (TPSA) is 53.6 Å². The first-order valence-electron chi connectivity index (χ1n) is 7.17. The smallest absolute Gasteiger partial charge is 0.183 e. The van der Waals surface area contributed by atoms with Crippen LogP contribution in [0.15, 0.2) is 58.4 Å². The molecule has 0 atom stereocenters. The number of nitrogens with zero attached hydrogens (tertiary/aromatic N) is 2. The van der Waals surface area contributed by atoms with Gasteiger partial charge in [-0.05, 0) is 24.3 Å². The van der Waals surface area contributed by atoms with Gasteiger partial charge in [-0.25, -0.2) is 9.97 Å². The summed E-state index contributed by atoms with van der Waals surface area (Å²) in [5.74, 6) is 0.909. The Labute approximate surface area is 145 Å². The lowest BCUT2D eigenvalue weighted by Crippen LogP contribution is -2.00. The van der Waals surface area contributed by atoms with E-state index in [1.54, 1.807) is 11.3 Å². The fraction of sp³-hybridized carbons (Fsp3) is 0.0588. The van der Waals surface area contributed by atoms with Crippen LogP contribution in [-0.2, 0) is 6.54 Å². The van der Waals surface area contributed by atoms with Crippen LogP contribution >= 0.6 is 27.3 Å². The van der Waals surface area contributed by atoms with E-state index in [2.05, 4.69) is 53.7 Å². The number of aromatic nitrogens is 3. The van der Waals surface area contributed by atoms with E-state index < -0.39 is 0 Å². The van der Waals surface area contributed by atoms with E-state index in [9.17, 15) is 0 Å². The first kappa shape index (κ1) is 14.4. The van der Waals surface area contributed by atoms with Crippen molar-refractivity contribution in [2.75, 3.05) is 5.32 Å². The summed E-state index contributed by atoms with van der Waals surface area (Å²) in [4.78, 5) is 12.5. The fourth-order valence-electron chi connectivity index (χ4n) is 2.36. The van der Waals surface area contributed by atoms with Gasteiger partial charge in [0.05, 0.1) is 23.3 Å². The molecule has 0 radical (unpaired) electrons. The van der Waals surface area contributed by atoms with Gasteiger partial charge < -0.3 is 10.3 Å². The van der Waals surface area contributed by atoms with Crippen molar-refractivity contribution in [1.82, 2.24) is 15.0 Å². The second kappa shape index (κ2) is 6.14. The summed E-state index contributed by atoms with van der Waals surface area (Å²) in [7, 11) is 0. The Balaban J connectivity index is 1.48. The van der Waals surface area contributed by atoms with E-state index in [0.29, 0.717) is 6.54 Å². The summed E-state index contributed by atoms with van der Waals surface area (Å²) in [5.41, 5.74) is 4.13. The van der Waals surface area contributed by atoms with Crippen LogP contribution in [-0.4, -0.2) is 15.0 Å². The van der Waals surface area contributed by atoms with Gasteiger partial charge in [0.15, 0.2) is 5.13 Å². The molecular formula is C17H13BrN4S. The molecule has 0 aliphatic carbocycles. The zero-order chi connectivity index (χ0) is 15.6. The number of para-hydroxylation sites is 2. The molecule has 0 bridgehead atoms. The molecule has 0 fully saturated rings. The van der Waals surface area contributed by atoms with Crippen molar-refractivity contribution in [2.45, 2.75) is 6.54 Å².